The molecule has 2 heteroatoms. The first-order chi connectivity index (χ1) is 4.22. The average Bonchev–Trinajstić information content (AvgIpc) is 1.87. The summed E-state index contributed by atoms with van der Waals surface area (Å²) in [6, 6.07) is 0. The Bertz CT molecular complexity index is 147. The first-order valence-electron chi connectivity index (χ1n) is 2.96. The number of hydrogen-bond donors (Lipinski definition) is 1. The molecule has 0 rings (SSSR count). The summed E-state index contributed by atoms with van der Waals surface area (Å²) in [6.07, 6.45) is 3.57. The van der Waals surface area contributed by atoms with E-state index in [1.807, 2.05) is 0 Å². The third kappa shape index (κ3) is 2.80. The number of nitrogens with one attached hydrogen (secondary N) is 1. The highest BCUT2D eigenvalue weighted by atomic mass is 16.1. The fourth-order valence-corrected chi connectivity index (χ4v) is 0.426. The maximum Gasteiger partial charge on any atom is 0.198 e. The van der Waals surface area contributed by atoms with Gasteiger partial charge in [0.25, 0.3) is 0 Å². The second-order valence-electron chi connectivity index (χ2n) is 1.70. The standard InChI is InChI=1S/C7H11NO/c1-3-5-7(9)6(8)4-2/h3,5,8H,4H2,1-2H3/b5-3+,8-6?. The summed E-state index contributed by atoms with van der Waals surface area (Å²) in [5, 5.41) is 7.05. The van der Waals surface area contributed by atoms with E-state index < -0.39 is 0 Å². The molecular formula is C7H11NO. The van der Waals surface area contributed by atoms with Crippen molar-refractivity contribution in [3.05, 3.63) is 12.2 Å². The zero-order chi connectivity index (χ0) is 7.28. The fourth-order valence-electron chi connectivity index (χ4n) is 0.426. The summed E-state index contributed by atoms with van der Waals surface area (Å²) < 4.78 is 0. The zero-order valence-electron chi connectivity index (χ0n) is 5.77. The van der Waals surface area contributed by atoms with Crippen molar-refractivity contribution in [2.45, 2.75) is 20.3 Å². The van der Waals surface area contributed by atoms with Crippen molar-refractivity contribution in [1.82, 2.24) is 0 Å². The molecule has 0 aliphatic rings. The number of rotatable bonds is 3. The molecule has 0 atom stereocenters. The number of carbonyl (C=O) groups excluding carboxylic acids is 1. The Labute approximate surface area is 55.1 Å². The molecule has 0 aliphatic heterocycles. The summed E-state index contributed by atoms with van der Waals surface area (Å²) >= 11 is 0. The summed E-state index contributed by atoms with van der Waals surface area (Å²) in [4.78, 5) is 10.7. The molecule has 9 heavy (non-hydrogen) atoms. The van der Waals surface area contributed by atoms with E-state index in [-0.39, 0.29) is 11.5 Å². The Balaban J connectivity index is 3.89. The monoisotopic (exact) mass is 125 g/mol. The molecule has 0 spiro atoms. The van der Waals surface area contributed by atoms with E-state index in [0.717, 1.165) is 0 Å². The molecule has 0 unspecified atom stereocenters. The molecule has 50 valence electrons. The lowest BCUT2D eigenvalue weighted by molar-refractivity contribution is -0.109. The van der Waals surface area contributed by atoms with E-state index in [1.54, 1.807) is 19.9 Å². The smallest absolute Gasteiger partial charge is 0.198 e. The summed E-state index contributed by atoms with van der Waals surface area (Å²) in [5.41, 5.74) is 0.174. The molecule has 2 nitrogen and oxygen atoms in total. The quantitative estimate of drug-likeness (QED) is 0.451. The van der Waals surface area contributed by atoms with Gasteiger partial charge in [-0.25, -0.2) is 0 Å². The number of hydrogen-bond acceptors (Lipinski definition) is 2. The second kappa shape index (κ2) is 4.01. The van der Waals surface area contributed by atoms with Gasteiger partial charge in [0, 0.05) is 0 Å². The zero-order valence-corrected chi connectivity index (χ0v) is 5.77. The number of allylic oxidation sites excluding steroid dienone is 2. The van der Waals surface area contributed by atoms with E-state index >= 15 is 0 Å². The van der Waals surface area contributed by atoms with Crippen LogP contribution in [0.15, 0.2) is 12.2 Å². The normalized spacial score (nSPS) is 10.0. The lowest BCUT2D eigenvalue weighted by Crippen LogP contribution is -2.07. The van der Waals surface area contributed by atoms with E-state index in [1.165, 1.54) is 6.08 Å². The lowest BCUT2D eigenvalue weighted by atomic mass is 10.2. The molecule has 1 N–H and O–H groups in total. The van der Waals surface area contributed by atoms with Gasteiger partial charge >= 0.3 is 0 Å². The molecule has 0 amide bonds. The molecule has 0 saturated carbocycles. The van der Waals surface area contributed by atoms with Crippen molar-refractivity contribution >= 4 is 11.5 Å². The highest BCUT2D eigenvalue weighted by Gasteiger charge is 1.99. The average molecular weight is 125 g/mol. The van der Waals surface area contributed by atoms with Gasteiger partial charge < -0.3 is 5.41 Å². The van der Waals surface area contributed by atoms with E-state index in [4.69, 9.17) is 5.41 Å². The minimum absolute atomic E-state index is 0.174. The molecule has 0 aliphatic carbocycles. The fraction of sp³-hybridized carbons (Fsp3) is 0.429. The number of ketones is 1. The van der Waals surface area contributed by atoms with Crippen LogP contribution in [0, 0.1) is 5.41 Å². The minimum atomic E-state index is -0.181. The molecule has 0 heterocycles. The Morgan fingerprint density at radius 2 is 2.22 bits per heavy atom. The van der Waals surface area contributed by atoms with Gasteiger partial charge in [0.15, 0.2) is 5.78 Å². The minimum Gasteiger partial charge on any atom is -0.301 e. The van der Waals surface area contributed by atoms with Gasteiger partial charge in [0.2, 0.25) is 0 Å². The SMILES string of the molecule is C/C=C/C(=O)C(=N)CC. The van der Waals surface area contributed by atoms with E-state index in [0.29, 0.717) is 6.42 Å². The van der Waals surface area contributed by atoms with Crippen LogP contribution in [0.25, 0.3) is 0 Å². The predicted octanol–water partition coefficient (Wildman–Crippen LogP) is 1.56. The van der Waals surface area contributed by atoms with Gasteiger partial charge in [-0.05, 0) is 19.4 Å². The maximum atomic E-state index is 10.7. The third-order valence-electron chi connectivity index (χ3n) is 0.969. The molecule has 0 aromatic rings. The van der Waals surface area contributed by atoms with Crippen LogP contribution in [-0.4, -0.2) is 11.5 Å². The highest BCUT2D eigenvalue weighted by Crippen LogP contribution is 1.85. The van der Waals surface area contributed by atoms with Gasteiger partial charge in [0.1, 0.15) is 0 Å². The van der Waals surface area contributed by atoms with Crippen molar-refractivity contribution in [2.75, 3.05) is 0 Å². The summed E-state index contributed by atoms with van der Waals surface area (Å²) in [6.45, 7) is 3.56. The number of carbonyl (C=O) groups is 1. The second-order valence-corrected chi connectivity index (χ2v) is 1.70. The molecule has 0 aromatic carbocycles. The van der Waals surface area contributed by atoms with Crippen LogP contribution in [-0.2, 0) is 4.79 Å². The van der Waals surface area contributed by atoms with Crippen molar-refractivity contribution < 1.29 is 4.79 Å². The van der Waals surface area contributed by atoms with Crippen LogP contribution in [0.3, 0.4) is 0 Å². The van der Waals surface area contributed by atoms with Crippen LogP contribution < -0.4 is 0 Å². The van der Waals surface area contributed by atoms with Crippen LogP contribution in [0.1, 0.15) is 20.3 Å². The molecule has 0 radical (unpaired) electrons. The van der Waals surface area contributed by atoms with Crippen molar-refractivity contribution in [3.63, 3.8) is 0 Å². The summed E-state index contributed by atoms with van der Waals surface area (Å²) in [7, 11) is 0. The van der Waals surface area contributed by atoms with Crippen LogP contribution >= 0.6 is 0 Å². The Hall–Kier alpha value is -0.920. The van der Waals surface area contributed by atoms with Crippen molar-refractivity contribution in [2.24, 2.45) is 0 Å². The van der Waals surface area contributed by atoms with Gasteiger partial charge in [-0.2, -0.15) is 0 Å². The largest absolute Gasteiger partial charge is 0.301 e. The first-order valence-corrected chi connectivity index (χ1v) is 2.96. The Kier molecular flexibility index (Phi) is 3.60. The molecule has 0 saturated heterocycles. The van der Waals surface area contributed by atoms with Gasteiger partial charge in [-0.15, -0.1) is 0 Å². The van der Waals surface area contributed by atoms with E-state index in [2.05, 4.69) is 0 Å². The summed E-state index contributed by atoms with van der Waals surface area (Å²) in [5.74, 6) is -0.181. The molecule has 0 fully saturated rings. The maximum absolute atomic E-state index is 10.7. The first kappa shape index (κ1) is 8.08. The Morgan fingerprint density at radius 1 is 1.67 bits per heavy atom. The van der Waals surface area contributed by atoms with Gasteiger partial charge in [-0.3, -0.25) is 4.79 Å². The lowest BCUT2D eigenvalue weighted by Gasteiger charge is -1.89. The van der Waals surface area contributed by atoms with Crippen LogP contribution in [0.4, 0.5) is 0 Å². The van der Waals surface area contributed by atoms with Gasteiger partial charge in [-0.1, -0.05) is 13.0 Å². The van der Waals surface area contributed by atoms with E-state index in [9.17, 15) is 4.79 Å². The predicted molar refractivity (Wildman–Crippen MR) is 37.8 cm³/mol. The van der Waals surface area contributed by atoms with Crippen molar-refractivity contribution in [1.29, 1.82) is 5.41 Å². The van der Waals surface area contributed by atoms with Crippen molar-refractivity contribution in [3.8, 4) is 0 Å². The molecular weight excluding hydrogens is 114 g/mol. The molecule has 0 aromatic heterocycles. The third-order valence-corrected chi connectivity index (χ3v) is 0.969. The van der Waals surface area contributed by atoms with Gasteiger partial charge in [0.05, 0.1) is 5.71 Å². The van der Waals surface area contributed by atoms with Crippen LogP contribution in [0.2, 0.25) is 0 Å². The topological polar surface area (TPSA) is 40.9 Å². The molecule has 0 bridgehead atoms. The van der Waals surface area contributed by atoms with Crippen LogP contribution in [0.5, 0.6) is 0 Å². The highest BCUT2D eigenvalue weighted by molar-refractivity contribution is 6.42. The Morgan fingerprint density at radius 3 is 2.56 bits per heavy atom.